The Labute approximate surface area is 337 Å². The first-order valence-electron chi connectivity index (χ1n) is 18.8. The SMILES string of the molecule is CCN(CC)CCOC(=O)c1ccc(N/N=C2\C(=O)C(NNc3ccc(C(=O)OCCN(CC)CC)cc3)=c3oc(C4=CC(=O)C(=O)C(O)=C4)c(O)c(=O)c3=C2O)cc1. The number of likely N-dealkylation sites (N-methyl/N-ethyl adjacent to an activating group) is 2. The van der Waals surface area contributed by atoms with E-state index in [1.54, 1.807) is 0 Å². The Kier molecular flexibility index (Phi) is 14.2. The molecule has 5 rings (SSSR count). The summed E-state index contributed by atoms with van der Waals surface area (Å²) < 4.78 is 16.5. The zero-order valence-corrected chi connectivity index (χ0v) is 32.8. The van der Waals surface area contributed by atoms with E-state index in [0.717, 1.165) is 38.3 Å². The number of nitrogens with zero attached hydrogens (tertiary/aromatic N) is 3. The quantitative estimate of drug-likeness (QED) is 0.0463. The zero-order valence-electron chi connectivity index (χ0n) is 32.8. The molecule has 2 aliphatic carbocycles. The minimum Gasteiger partial charge on any atom is -0.505 e. The van der Waals surface area contributed by atoms with E-state index >= 15 is 0 Å². The smallest absolute Gasteiger partial charge is 0.338 e. The van der Waals surface area contributed by atoms with Crippen molar-refractivity contribution in [2.75, 3.05) is 63.3 Å². The molecule has 6 N–H and O–H groups in total. The number of aromatic hydroxyl groups is 1. The van der Waals surface area contributed by atoms with Crippen LogP contribution in [-0.2, 0) is 23.9 Å². The van der Waals surface area contributed by atoms with Crippen LogP contribution in [0.5, 0.6) is 5.75 Å². The number of nitrogens with one attached hydrogen (secondary N) is 3. The summed E-state index contributed by atoms with van der Waals surface area (Å²) >= 11 is 0. The lowest BCUT2D eigenvalue weighted by Crippen LogP contribution is -2.52. The second-order valence-corrected chi connectivity index (χ2v) is 13.0. The molecule has 0 saturated carbocycles. The van der Waals surface area contributed by atoms with Crippen LogP contribution in [0.25, 0.3) is 17.0 Å². The Morgan fingerprint density at radius 1 is 0.712 bits per heavy atom. The number of carbonyl (C=O) groups is 5. The summed E-state index contributed by atoms with van der Waals surface area (Å²) in [7, 11) is 0. The summed E-state index contributed by atoms with van der Waals surface area (Å²) in [5.74, 6) is -8.33. The molecule has 18 heteroatoms. The van der Waals surface area contributed by atoms with Crippen LogP contribution in [0.3, 0.4) is 0 Å². The maximum atomic E-state index is 14.0. The number of ketones is 3. The van der Waals surface area contributed by atoms with E-state index in [-0.39, 0.29) is 35.6 Å². The summed E-state index contributed by atoms with van der Waals surface area (Å²) in [5, 5.41) is 35.6. The summed E-state index contributed by atoms with van der Waals surface area (Å²) in [6.45, 7) is 12.8. The molecule has 0 atom stereocenters. The highest BCUT2D eigenvalue weighted by molar-refractivity contribution is 6.63. The number of allylic oxidation sites excluding steroid dienone is 4. The molecule has 0 unspecified atom stereocenters. The third-order valence-electron chi connectivity index (χ3n) is 9.46. The van der Waals surface area contributed by atoms with Gasteiger partial charge in [0.2, 0.25) is 22.7 Å². The van der Waals surface area contributed by atoms with E-state index < -0.39 is 79.8 Å². The fourth-order valence-electron chi connectivity index (χ4n) is 5.90. The monoisotopic (exact) mass is 812 g/mol. The fraction of sp³-hybridized carbons (Fsp3) is 0.293. The number of aliphatic hydroxyl groups is 2. The second kappa shape index (κ2) is 19.4. The Balaban J connectivity index is 1.45. The predicted molar refractivity (Wildman–Crippen MR) is 216 cm³/mol. The number of carbonyl (C=O) groups excluding carboxylic acids is 5. The van der Waals surface area contributed by atoms with Gasteiger partial charge in [0, 0.05) is 24.7 Å². The molecule has 0 aliphatic heterocycles. The topological polar surface area (TPSA) is 250 Å². The largest absolute Gasteiger partial charge is 0.505 e. The number of hydrogen-bond acceptors (Lipinski definition) is 18. The number of anilines is 2. The van der Waals surface area contributed by atoms with Gasteiger partial charge in [-0.05, 0) is 80.8 Å². The number of Topliss-reactive ketones (excluding diaryl/α,β-unsaturated/α-hetero) is 2. The fourth-order valence-corrected chi connectivity index (χ4v) is 5.90. The van der Waals surface area contributed by atoms with Gasteiger partial charge in [0.15, 0.2) is 28.4 Å². The van der Waals surface area contributed by atoms with E-state index in [1.807, 2.05) is 27.7 Å². The number of rotatable bonds is 18. The minimum atomic E-state index is -1.26. The maximum absolute atomic E-state index is 14.0. The molecule has 0 saturated heterocycles. The average Bonchev–Trinajstić information content (AvgIpc) is 3.24. The number of fused-ring (bicyclic) bond motifs is 1. The molecule has 0 radical (unpaired) electrons. The molecule has 0 fully saturated rings. The van der Waals surface area contributed by atoms with E-state index in [1.165, 1.54) is 48.5 Å². The van der Waals surface area contributed by atoms with E-state index in [2.05, 4.69) is 31.2 Å². The van der Waals surface area contributed by atoms with Crippen LogP contribution in [0.15, 0.2) is 80.8 Å². The molecule has 2 aromatic carbocycles. The normalized spacial score (nSPS) is 14.6. The predicted octanol–water partition coefficient (Wildman–Crippen LogP) is 1.76. The lowest BCUT2D eigenvalue weighted by molar-refractivity contribution is -0.133. The highest BCUT2D eigenvalue weighted by atomic mass is 16.5. The number of hydrazone groups is 1. The van der Waals surface area contributed by atoms with Crippen LogP contribution in [0.4, 0.5) is 11.4 Å². The lowest BCUT2D eigenvalue weighted by atomic mass is 9.99. The van der Waals surface area contributed by atoms with Gasteiger partial charge in [-0.25, -0.2) is 9.59 Å². The van der Waals surface area contributed by atoms with Crippen molar-refractivity contribution >= 4 is 63.4 Å². The van der Waals surface area contributed by atoms with E-state index in [0.29, 0.717) is 18.8 Å². The van der Waals surface area contributed by atoms with Gasteiger partial charge in [0.1, 0.15) is 24.1 Å². The summed E-state index contributed by atoms with van der Waals surface area (Å²) in [4.78, 5) is 81.2. The van der Waals surface area contributed by atoms with Gasteiger partial charge in [-0.3, -0.25) is 30.0 Å². The number of hydrazine groups is 1. The van der Waals surface area contributed by atoms with Gasteiger partial charge in [-0.1, -0.05) is 27.7 Å². The van der Waals surface area contributed by atoms with Gasteiger partial charge in [0.05, 0.1) is 22.5 Å². The van der Waals surface area contributed by atoms with Crippen LogP contribution >= 0.6 is 0 Å². The van der Waals surface area contributed by atoms with Gasteiger partial charge in [-0.15, -0.1) is 0 Å². The molecule has 1 aromatic heterocycles. The van der Waals surface area contributed by atoms with Crippen LogP contribution in [-0.4, -0.2) is 113 Å². The molecule has 0 spiro atoms. The van der Waals surface area contributed by atoms with Crippen molar-refractivity contribution in [3.05, 3.63) is 104 Å². The molecular formula is C41H44N6O12. The molecular weight excluding hydrogens is 768 g/mol. The Morgan fingerprint density at radius 3 is 1.75 bits per heavy atom. The van der Waals surface area contributed by atoms with Crippen LogP contribution < -0.4 is 32.3 Å². The van der Waals surface area contributed by atoms with Crippen molar-refractivity contribution in [1.82, 2.24) is 15.2 Å². The molecule has 0 bridgehead atoms. The average molecular weight is 813 g/mol. The first kappa shape index (κ1) is 43.1. The summed E-state index contributed by atoms with van der Waals surface area (Å²) in [5.41, 5.74) is 5.64. The van der Waals surface area contributed by atoms with Crippen molar-refractivity contribution in [2.45, 2.75) is 27.7 Å². The summed E-state index contributed by atoms with van der Waals surface area (Å²) in [6.07, 6.45) is 1.51. The van der Waals surface area contributed by atoms with Crippen LogP contribution in [0.1, 0.15) is 54.2 Å². The molecule has 0 amide bonds. The van der Waals surface area contributed by atoms with E-state index in [9.17, 15) is 44.1 Å². The number of aliphatic hydroxyl groups excluding tert-OH is 2. The number of benzene rings is 2. The lowest BCUT2D eigenvalue weighted by Gasteiger charge is -2.18. The third-order valence-corrected chi connectivity index (χ3v) is 9.46. The molecule has 310 valence electrons. The molecule has 59 heavy (non-hydrogen) atoms. The van der Waals surface area contributed by atoms with Gasteiger partial charge < -0.3 is 44.4 Å². The van der Waals surface area contributed by atoms with Crippen LogP contribution in [0, 0.1) is 0 Å². The summed E-state index contributed by atoms with van der Waals surface area (Å²) in [6, 6.07) is 11.8. The Bertz CT molecular complexity index is 2410. The van der Waals surface area contributed by atoms with Crippen molar-refractivity contribution in [2.24, 2.45) is 5.10 Å². The first-order valence-corrected chi connectivity index (χ1v) is 18.8. The number of hydrogen-bond donors (Lipinski definition) is 6. The van der Waals surface area contributed by atoms with Crippen molar-refractivity contribution in [3.8, 4) is 5.75 Å². The highest BCUT2D eigenvalue weighted by Crippen LogP contribution is 2.26. The van der Waals surface area contributed by atoms with Gasteiger partial charge in [0.25, 0.3) is 5.78 Å². The van der Waals surface area contributed by atoms with Gasteiger partial charge in [-0.2, -0.15) is 5.10 Å². The molecule has 3 aromatic rings. The third kappa shape index (κ3) is 9.92. The van der Waals surface area contributed by atoms with Crippen molar-refractivity contribution in [3.63, 3.8) is 0 Å². The molecule has 2 aliphatic rings. The van der Waals surface area contributed by atoms with Gasteiger partial charge >= 0.3 is 11.9 Å². The van der Waals surface area contributed by atoms with Crippen molar-refractivity contribution < 1.29 is 53.2 Å². The molecule has 1 heterocycles. The highest BCUT2D eigenvalue weighted by Gasteiger charge is 2.33. The maximum Gasteiger partial charge on any atom is 0.338 e. The zero-order chi connectivity index (χ0) is 42.8. The number of esters is 2. The second-order valence-electron chi connectivity index (χ2n) is 13.0. The Hall–Kier alpha value is -7.05. The minimum absolute atomic E-state index is 0.196. The Morgan fingerprint density at radius 2 is 1.24 bits per heavy atom. The standard InChI is InChI=1S/C41H44N6O12/c1-5-46(6-2)17-19-57-40(55)23-9-13-26(14-10-23)42-44-31-34(51)30-35(52)37(54)38(25-21-28(48)33(50)29(49)22-25)59-39(30)32(36(31)53)45-43-27-15-11-24(12-16-27)41(56)58-20-18-47(7-3)8-4/h9-16,21-22,42-43,45,48,51,54H,5-8,17-20H2,1-4H3/b44-31-. The van der Waals surface area contributed by atoms with Crippen molar-refractivity contribution in [1.29, 1.82) is 0 Å². The molecule has 18 nitrogen and oxygen atoms in total. The number of ether oxygens (including phenoxy) is 2. The van der Waals surface area contributed by atoms with E-state index in [4.69, 9.17) is 13.9 Å². The van der Waals surface area contributed by atoms with Crippen LogP contribution in [0.2, 0.25) is 0 Å². The first-order chi connectivity index (χ1) is 28.3.